The van der Waals surface area contributed by atoms with Crippen LogP contribution in [0.5, 0.6) is 0 Å². The molecule has 11 rings (SSSR count). The minimum Gasteiger partial charge on any atom is -0.744 e. The van der Waals surface area contributed by atoms with Crippen molar-refractivity contribution < 1.29 is 51.9 Å². The normalized spacial score (nSPS) is 11.3. The minimum atomic E-state index is -4.59. The van der Waals surface area contributed by atoms with Crippen LogP contribution >= 0.6 is 0 Å². The zero-order chi connectivity index (χ0) is 82.6. The van der Waals surface area contributed by atoms with E-state index in [0.717, 1.165) is 90.4 Å². The Bertz CT molecular complexity index is 4380. The lowest BCUT2D eigenvalue weighted by Gasteiger charge is -2.21. The molecule has 0 bridgehead atoms. The van der Waals surface area contributed by atoms with Crippen molar-refractivity contribution >= 4 is 40.5 Å². The van der Waals surface area contributed by atoms with Crippen LogP contribution in [0.4, 0.5) is 0 Å². The van der Waals surface area contributed by atoms with Crippen LogP contribution < -0.4 is 0 Å². The van der Waals surface area contributed by atoms with Crippen LogP contribution in [0.25, 0.3) is 89.0 Å². The maximum absolute atomic E-state index is 11.5. The maximum atomic E-state index is 11.5. The first-order valence-electron chi connectivity index (χ1n) is 39.3. The summed E-state index contributed by atoms with van der Waals surface area (Å²) < 4.78 is 138. The number of benzene rings is 11. The molecule has 0 saturated heterocycles. The smallest absolute Gasteiger partial charge is 0.124 e. The van der Waals surface area contributed by atoms with E-state index in [-0.39, 0.29) is 19.6 Å². The van der Waals surface area contributed by atoms with E-state index in [0.29, 0.717) is 22.3 Å². The van der Waals surface area contributed by atoms with E-state index in [1.165, 1.54) is 137 Å². The Morgan fingerprint density at radius 2 is 0.339 bits per heavy atom. The molecule has 0 unspecified atom stereocenters. The van der Waals surface area contributed by atoms with Gasteiger partial charge in [0.05, 0.1) is 19.6 Å². The van der Waals surface area contributed by atoms with Gasteiger partial charge in [-0.2, -0.15) is 0 Å². The summed E-state index contributed by atoms with van der Waals surface area (Å²) in [5.74, 6) is 3.94. The van der Waals surface area contributed by atoms with E-state index in [9.17, 15) is 51.9 Å². The van der Waals surface area contributed by atoms with Crippen LogP contribution in [-0.4, -0.2) is 51.9 Å². The van der Waals surface area contributed by atoms with Crippen molar-refractivity contribution in [1.82, 2.24) is 0 Å². The molecule has 0 saturated carbocycles. The predicted octanol–water partition coefficient (Wildman–Crippen LogP) is 26.0. The highest BCUT2D eigenvalue weighted by Gasteiger charge is 2.22. The number of rotatable bonds is 24. The van der Waals surface area contributed by atoms with Crippen molar-refractivity contribution in [3.8, 4) is 89.0 Å². The van der Waals surface area contributed by atoms with Gasteiger partial charge in [0.25, 0.3) is 0 Å². The number of hydrogen-bond acceptors (Lipinski definition) is 12. The van der Waals surface area contributed by atoms with Gasteiger partial charge in [0, 0.05) is 0 Å². The summed E-state index contributed by atoms with van der Waals surface area (Å²) in [4.78, 5) is -1.24. The summed E-state index contributed by atoms with van der Waals surface area (Å²) in [5, 5.41) is 0. The molecule has 0 amide bonds. The van der Waals surface area contributed by atoms with Gasteiger partial charge in [0.2, 0.25) is 0 Å². The molecule has 598 valence electrons. The fraction of sp³-hybridized carbons (Fsp3) is 0.312. The second kappa shape index (κ2) is 46.9. The molecule has 11 aromatic carbocycles. The summed E-state index contributed by atoms with van der Waals surface area (Å²) in [6, 6.07) is 78.1. The lowest BCUT2D eigenvalue weighted by molar-refractivity contribution is 0.461. The highest BCUT2D eigenvalue weighted by Crippen LogP contribution is 2.48. The first kappa shape index (κ1) is 93.7. The summed E-state index contributed by atoms with van der Waals surface area (Å²) in [7, 11) is -18.3. The summed E-state index contributed by atoms with van der Waals surface area (Å²) >= 11 is 0. The molecular weight excluding hydrogens is 1470 g/mol. The second-order valence-electron chi connectivity index (χ2n) is 27.7. The van der Waals surface area contributed by atoms with E-state index in [1.54, 1.807) is 48.5 Å². The molecule has 0 heterocycles. The molecule has 0 spiro atoms. The molecule has 0 aliphatic heterocycles. The van der Waals surface area contributed by atoms with E-state index in [1.807, 2.05) is 146 Å². The van der Waals surface area contributed by atoms with Crippen LogP contribution in [0.3, 0.4) is 0 Å². The molecule has 12 nitrogen and oxygen atoms in total. The Morgan fingerprint density at radius 3 is 0.455 bits per heavy atom. The van der Waals surface area contributed by atoms with Crippen molar-refractivity contribution in [3.05, 3.63) is 278 Å². The van der Waals surface area contributed by atoms with Gasteiger partial charge >= 0.3 is 0 Å². The van der Waals surface area contributed by atoms with Crippen molar-refractivity contribution in [2.75, 3.05) is 0 Å². The zero-order valence-electron chi connectivity index (χ0n) is 67.7. The Balaban J connectivity index is 0.000000279. The van der Waals surface area contributed by atoms with E-state index < -0.39 is 40.5 Å². The summed E-state index contributed by atoms with van der Waals surface area (Å²) in [6.45, 7) is 31.3. The van der Waals surface area contributed by atoms with Crippen molar-refractivity contribution in [2.24, 2.45) is 23.7 Å². The molecule has 0 N–H and O–H groups in total. The van der Waals surface area contributed by atoms with Gasteiger partial charge in [-0.15, -0.1) is 0 Å². The zero-order valence-corrected chi connectivity index (χ0v) is 71.0. The monoisotopic (exact) mass is 1590 g/mol. The molecule has 0 fully saturated rings. The van der Waals surface area contributed by atoms with Crippen LogP contribution in [0.1, 0.15) is 171 Å². The molecule has 0 atom stereocenters. The fourth-order valence-corrected chi connectivity index (χ4v) is 15.0. The third-order valence-electron chi connectivity index (χ3n) is 20.6. The largest absolute Gasteiger partial charge is 0.744 e. The van der Waals surface area contributed by atoms with Crippen LogP contribution in [-0.2, 0) is 40.5 Å². The molecule has 112 heavy (non-hydrogen) atoms. The first-order chi connectivity index (χ1) is 53.4. The van der Waals surface area contributed by atoms with Crippen LogP contribution in [0.15, 0.2) is 287 Å². The van der Waals surface area contributed by atoms with Crippen molar-refractivity contribution in [1.29, 1.82) is 0 Å². The average Bonchev–Trinajstić information content (AvgIpc) is 0.760. The Labute approximate surface area is 672 Å². The number of aryl methyl sites for hydroxylation is 2. The maximum Gasteiger partial charge on any atom is 0.124 e. The van der Waals surface area contributed by atoms with Crippen molar-refractivity contribution in [2.45, 2.75) is 194 Å². The van der Waals surface area contributed by atoms with E-state index >= 15 is 0 Å². The molecule has 0 aliphatic carbocycles. The molecule has 0 radical (unpaired) electrons. The van der Waals surface area contributed by atoms with Gasteiger partial charge in [-0.1, -0.05) is 390 Å². The predicted molar refractivity (Wildman–Crippen MR) is 462 cm³/mol. The van der Waals surface area contributed by atoms with E-state index in [4.69, 9.17) is 0 Å². The van der Waals surface area contributed by atoms with Gasteiger partial charge in [-0.25, -0.2) is 33.7 Å². The van der Waals surface area contributed by atoms with Crippen LogP contribution in [0.2, 0.25) is 0 Å². The van der Waals surface area contributed by atoms with Gasteiger partial charge < -0.3 is 18.2 Å². The van der Waals surface area contributed by atoms with Gasteiger partial charge in [-0.05, 0) is 175 Å². The minimum absolute atomic E-state index is 0.309. The quantitative estimate of drug-likeness (QED) is 0.0515. The molecule has 0 aromatic heterocycles. The Hall–Kier alpha value is -8.94. The molecule has 16 heteroatoms. The van der Waals surface area contributed by atoms with Crippen molar-refractivity contribution in [3.63, 3.8) is 0 Å². The molecule has 0 aliphatic rings. The third kappa shape index (κ3) is 28.9. The van der Waals surface area contributed by atoms with E-state index in [2.05, 4.69) is 121 Å². The standard InChI is InChI=1S/2C30H22O6S2.C8H10.4C7H16/c2*31-37(32,33)25-15-11-21(12-16-25)27-19-20-28(22-13-17-26(18-14-22)38(34,35)36)30(24-9-5-2-6-10-24)29(27)23-7-3-1-4-8-23;1-7-3-5-8(2)6-4-7;4*1-4-7(5-2)6-3/h2*1-20H,(H,31,32,33)(H,34,35,36);3-6H,1-2H3;4*7H,4-6H2,1-3H3/p-4. The second-order valence-corrected chi connectivity index (χ2v) is 33.2. The molecule has 11 aromatic rings. The van der Waals surface area contributed by atoms with Gasteiger partial charge in [0.15, 0.2) is 0 Å². The molecular formula is C96H114O12S4-4. The SMILES string of the molecule is CCC(CC)CC.CCC(CC)CC.CCC(CC)CC.CCC(CC)CC.Cc1ccc(C)cc1.O=S(=O)([O-])c1ccc(-c2ccc(-c3ccc(S(=O)(=O)[O-])cc3)c(-c3ccccc3)c2-c2ccccc2)cc1.O=S(=O)([O-])c1ccc(-c2ccc(-c3ccc(S(=O)(=O)[O-])cc3)c(-c3ccccc3)c2-c2ccccc2)cc1. The third-order valence-corrected chi connectivity index (χ3v) is 24.0. The average molecular weight is 1590 g/mol. The fourth-order valence-electron chi connectivity index (χ4n) is 13.1. The first-order valence-corrected chi connectivity index (χ1v) is 44.9. The lowest BCUT2D eigenvalue weighted by atomic mass is 9.83. The number of hydrogen-bond donors (Lipinski definition) is 0. The Morgan fingerprint density at radius 1 is 0.196 bits per heavy atom. The topological polar surface area (TPSA) is 229 Å². The Kier molecular flexibility index (Phi) is 39.2. The summed E-state index contributed by atoms with van der Waals surface area (Å²) in [6.07, 6.45) is 16.2. The van der Waals surface area contributed by atoms with Gasteiger partial charge in [-0.3, -0.25) is 0 Å². The van der Waals surface area contributed by atoms with Gasteiger partial charge in [0.1, 0.15) is 40.5 Å². The highest BCUT2D eigenvalue weighted by atomic mass is 32.2. The summed E-state index contributed by atoms with van der Waals surface area (Å²) in [5.41, 5.74) is 15.9. The van der Waals surface area contributed by atoms with Crippen LogP contribution in [0, 0.1) is 37.5 Å². The lowest BCUT2D eigenvalue weighted by Crippen LogP contribution is -1.99. The highest BCUT2D eigenvalue weighted by molar-refractivity contribution is 7.86.